The molecule has 1 saturated heterocycles. The molecular weight excluding hydrogens is 421 g/mol. The van der Waals surface area contributed by atoms with Gasteiger partial charge in [-0.3, -0.25) is 9.69 Å². The topological polar surface area (TPSA) is 54.7 Å². The smallest absolute Gasteiger partial charge is 0.416 e. The normalized spacial score (nSPS) is 20.2. The number of carbonyl (C=O) groups is 1. The standard InChI is InChI=1S/C24H29F3N2O3/c1-17-7-8-21(32-17)20(29-11-13-31-14-12-29)16-28-22(30)23(9-2-3-10-23)18-5-4-6-19(15-18)24(25,26)27/h4-8,15,20H,2-3,9-14,16H2,1H3,(H,28,30). The number of rotatable bonds is 6. The fourth-order valence-electron chi connectivity index (χ4n) is 4.91. The average molecular weight is 451 g/mol. The van der Waals surface area contributed by atoms with Gasteiger partial charge in [-0.15, -0.1) is 0 Å². The Hall–Kier alpha value is -2.32. The second-order valence-corrected chi connectivity index (χ2v) is 8.69. The predicted octanol–water partition coefficient (Wildman–Crippen LogP) is 4.61. The molecular formula is C24H29F3N2O3. The van der Waals surface area contributed by atoms with Crippen LogP contribution in [0.5, 0.6) is 0 Å². The lowest BCUT2D eigenvalue weighted by molar-refractivity contribution is -0.138. The molecule has 0 bridgehead atoms. The van der Waals surface area contributed by atoms with Crippen LogP contribution in [0.3, 0.4) is 0 Å². The van der Waals surface area contributed by atoms with Crippen molar-refractivity contribution in [1.82, 2.24) is 10.2 Å². The van der Waals surface area contributed by atoms with Gasteiger partial charge in [0, 0.05) is 19.6 Å². The van der Waals surface area contributed by atoms with Crippen molar-refractivity contribution in [2.75, 3.05) is 32.8 Å². The van der Waals surface area contributed by atoms with Crippen LogP contribution in [0.15, 0.2) is 40.8 Å². The average Bonchev–Trinajstić information content (AvgIpc) is 3.44. The molecule has 2 heterocycles. The number of amides is 1. The van der Waals surface area contributed by atoms with Crippen molar-refractivity contribution in [1.29, 1.82) is 0 Å². The number of nitrogens with one attached hydrogen (secondary N) is 1. The highest BCUT2D eigenvalue weighted by Crippen LogP contribution is 2.43. The molecule has 1 aliphatic carbocycles. The van der Waals surface area contributed by atoms with E-state index < -0.39 is 17.2 Å². The first-order valence-electron chi connectivity index (χ1n) is 11.1. The molecule has 0 spiro atoms. The van der Waals surface area contributed by atoms with Gasteiger partial charge in [-0.2, -0.15) is 13.2 Å². The Morgan fingerprint density at radius 3 is 2.50 bits per heavy atom. The van der Waals surface area contributed by atoms with Crippen molar-refractivity contribution in [3.63, 3.8) is 0 Å². The van der Waals surface area contributed by atoms with Crippen molar-refractivity contribution in [2.24, 2.45) is 0 Å². The summed E-state index contributed by atoms with van der Waals surface area (Å²) in [5, 5.41) is 3.06. The first-order valence-corrected chi connectivity index (χ1v) is 11.1. The Morgan fingerprint density at radius 1 is 1.16 bits per heavy atom. The summed E-state index contributed by atoms with van der Waals surface area (Å²) in [6.07, 6.45) is -1.73. The fraction of sp³-hybridized carbons (Fsp3) is 0.542. The lowest BCUT2D eigenvalue weighted by Crippen LogP contribution is -2.48. The lowest BCUT2D eigenvalue weighted by atomic mass is 9.77. The number of carbonyl (C=O) groups excluding carboxylic acids is 1. The molecule has 1 aromatic heterocycles. The van der Waals surface area contributed by atoms with Gasteiger partial charge in [-0.1, -0.05) is 31.0 Å². The van der Waals surface area contributed by atoms with Crippen molar-refractivity contribution in [3.05, 3.63) is 59.0 Å². The highest BCUT2D eigenvalue weighted by atomic mass is 19.4. The van der Waals surface area contributed by atoms with Gasteiger partial charge in [0.2, 0.25) is 5.91 Å². The summed E-state index contributed by atoms with van der Waals surface area (Å²) in [5.41, 5.74) is -1.21. The largest absolute Gasteiger partial charge is 0.465 e. The van der Waals surface area contributed by atoms with E-state index >= 15 is 0 Å². The molecule has 1 N–H and O–H groups in total. The second kappa shape index (κ2) is 9.27. The molecule has 4 rings (SSSR count). The summed E-state index contributed by atoms with van der Waals surface area (Å²) in [4.78, 5) is 15.7. The third kappa shape index (κ3) is 4.71. The van der Waals surface area contributed by atoms with Crippen LogP contribution in [0.1, 0.15) is 54.4 Å². The van der Waals surface area contributed by atoms with Crippen molar-refractivity contribution >= 4 is 5.91 Å². The summed E-state index contributed by atoms with van der Waals surface area (Å²) in [6, 6.07) is 8.89. The molecule has 1 saturated carbocycles. The molecule has 1 aromatic carbocycles. The van der Waals surface area contributed by atoms with Crippen LogP contribution in [-0.2, 0) is 21.1 Å². The van der Waals surface area contributed by atoms with Crippen LogP contribution >= 0.6 is 0 Å². The number of morpholine rings is 1. The van der Waals surface area contributed by atoms with E-state index in [1.54, 1.807) is 6.07 Å². The van der Waals surface area contributed by atoms with E-state index in [1.165, 1.54) is 6.07 Å². The predicted molar refractivity (Wildman–Crippen MR) is 113 cm³/mol. The highest BCUT2D eigenvalue weighted by Gasteiger charge is 2.44. The zero-order chi connectivity index (χ0) is 22.8. The Labute approximate surface area is 185 Å². The minimum absolute atomic E-state index is 0.156. The van der Waals surface area contributed by atoms with Crippen molar-refractivity contribution in [2.45, 2.75) is 50.2 Å². The SMILES string of the molecule is Cc1ccc(C(CNC(=O)C2(c3cccc(C(F)(F)F)c3)CCCC2)N2CCOCC2)o1. The Balaban J connectivity index is 1.56. The number of ether oxygens (including phenoxy) is 1. The summed E-state index contributed by atoms with van der Waals surface area (Å²) < 4.78 is 51.2. The number of nitrogens with zero attached hydrogens (tertiary/aromatic N) is 1. The van der Waals surface area contributed by atoms with Crippen LogP contribution < -0.4 is 5.32 Å². The van der Waals surface area contributed by atoms with E-state index in [0.717, 1.165) is 49.6 Å². The zero-order valence-corrected chi connectivity index (χ0v) is 18.2. The van der Waals surface area contributed by atoms with Crippen molar-refractivity contribution < 1.29 is 27.1 Å². The molecule has 32 heavy (non-hydrogen) atoms. The molecule has 1 aliphatic heterocycles. The van der Waals surface area contributed by atoms with Gasteiger partial charge in [-0.05, 0) is 43.5 Å². The fourth-order valence-corrected chi connectivity index (χ4v) is 4.91. The van der Waals surface area contributed by atoms with E-state index in [-0.39, 0.29) is 11.9 Å². The van der Waals surface area contributed by atoms with Crippen LogP contribution in [0.25, 0.3) is 0 Å². The minimum Gasteiger partial charge on any atom is -0.465 e. The molecule has 2 fully saturated rings. The van der Waals surface area contributed by atoms with Gasteiger partial charge in [0.15, 0.2) is 0 Å². The summed E-state index contributed by atoms with van der Waals surface area (Å²) in [6.45, 7) is 4.86. The maximum Gasteiger partial charge on any atom is 0.416 e. The second-order valence-electron chi connectivity index (χ2n) is 8.69. The summed E-state index contributed by atoms with van der Waals surface area (Å²) in [5.74, 6) is 1.35. The maximum absolute atomic E-state index is 13.5. The maximum atomic E-state index is 13.5. The van der Waals surface area contributed by atoms with Crippen LogP contribution in [0, 0.1) is 6.92 Å². The molecule has 2 aliphatic rings. The number of benzene rings is 1. The van der Waals surface area contributed by atoms with Crippen molar-refractivity contribution in [3.8, 4) is 0 Å². The molecule has 174 valence electrons. The highest BCUT2D eigenvalue weighted by molar-refractivity contribution is 5.88. The van der Waals surface area contributed by atoms with E-state index in [0.29, 0.717) is 38.2 Å². The van der Waals surface area contributed by atoms with Crippen LogP contribution in [-0.4, -0.2) is 43.7 Å². The van der Waals surface area contributed by atoms with E-state index in [9.17, 15) is 18.0 Å². The molecule has 1 atom stereocenters. The first kappa shape index (κ1) is 22.9. The Morgan fingerprint density at radius 2 is 1.88 bits per heavy atom. The quantitative estimate of drug-likeness (QED) is 0.699. The monoisotopic (exact) mass is 450 g/mol. The van der Waals surface area contributed by atoms with E-state index in [1.807, 2.05) is 19.1 Å². The number of aryl methyl sites for hydroxylation is 1. The minimum atomic E-state index is -4.44. The first-order chi connectivity index (χ1) is 15.3. The lowest BCUT2D eigenvalue weighted by Gasteiger charge is -2.35. The molecule has 2 aromatic rings. The third-order valence-electron chi connectivity index (χ3n) is 6.67. The summed E-state index contributed by atoms with van der Waals surface area (Å²) in [7, 11) is 0. The van der Waals surface area contributed by atoms with Crippen LogP contribution in [0.2, 0.25) is 0 Å². The van der Waals surface area contributed by atoms with Gasteiger partial charge in [0.1, 0.15) is 11.5 Å². The number of hydrogen-bond acceptors (Lipinski definition) is 4. The van der Waals surface area contributed by atoms with Gasteiger partial charge in [0.25, 0.3) is 0 Å². The van der Waals surface area contributed by atoms with E-state index in [2.05, 4.69) is 10.2 Å². The summed E-state index contributed by atoms with van der Waals surface area (Å²) >= 11 is 0. The Kier molecular flexibility index (Phi) is 6.62. The van der Waals surface area contributed by atoms with Crippen LogP contribution in [0.4, 0.5) is 13.2 Å². The number of hydrogen-bond donors (Lipinski definition) is 1. The third-order valence-corrected chi connectivity index (χ3v) is 6.67. The number of alkyl halides is 3. The van der Waals surface area contributed by atoms with Gasteiger partial charge >= 0.3 is 6.18 Å². The zero-order valence-electron chi connectivity index (χ0n) is 18.2. The molecule has 5 nitrogen and oxygen atoms in total. The number of halogens is 3. The molecule has 1 amide bonds. The molecule has 8 heteroatoms. The number of furan rings is 1. The molecule has 1 unspecified atom stereocenters. The van der Waals surface area contributed by atoms with Gasteiger partial charge in [0.05, 0.1) is 30.2 Å². The Bertz CT molecular complexity index is 929. The van der Waals surface area contributed by atoms with E-state index in [4.69, 9.17) is 9.15 Å². The van der Waals surface area contributed by atoms with Gasteiger partial charge < -0.3 is 14.5 Å². The van der Waals surface area contributed by atoms with Gasteiger partial charge in [-0.25, -0.2) is 0 Å². The molecule has 0 radical (unpaired) electrons.